The van der Waals surface area contributed by atoms with Gasteiger partial charge in [0, 0.05) is 17.7 Å². The van der Waals surface area contributed by atoms with E-state index in [0.29, 0.717) is 11.5 Å². The van der Waals surface area contributed by atoms with Crippen LogP contribution in [0.1, 0.15) is 13.8 Å². The van der Waals surface area contributed by atoms with E-state index in [1.54, 1.807) is 12.1 Å². The summed E-state index contributed by atoms with van der Waals surface area (Å²) in [5, 5.41) is 16.7. The topological polar surface area (TPSA) is 85.0 Å². The zero-order chi connectivity index (χ0) is 12.8. The van der Waals surface area contributed by atoms with E-state index in [1.165, 1.54) is 12.1 Å². The highest BCUT2D eigenvalue weighted by atomic mass is 32.1. The van der Waals surface area contributed by atoms with Gasteiger partial charge >= 0.3 is 0 Å². The molecule has 0 bridgehead atoms. The highest BCUT2D eigenvalue weighted by Gasteiger charge is 2.07. The second-order valence-electron chi connectivity index (χ2n) is 2.72. The summed E-state index contributed by atoms with van der Waals surface area (Å²) in [4.78, 5) is 10.1. The molecular formula is C10H11N3O3S. The average Bonchev–Trinajstić information content (AvgIpc) is 2.79. The summed E-state index contributed by atoms with van der Waals surface area (Å²) >= 11 is 4.71. The number of nitrogens with zero attached hydrogens (tertiary/aromatic N) is 2. The summed E-state index contributed by atoms with van der Waals surface area (Å²) in [6.45, 7) is 4.00. The van der Waals surface area contributed by atoms with E-state index in [1.807, 2.05) is 13.8 Å². The van der Waals surface area contributed by atoms with Crippen LogP contribution in [0.4, 0.5) is 5.69 Å². The summed E-state index contributed by atoms with van der Waals surface area (Å²) < 4.78 is 5.05. The molecule has 0 saturated heterocycles. The minimum Gasteiger partial charge on any atom is -0.409 e. The van der Waals surface area contributed by atoms with Crippen molar-refractivity contribution >= 4 is 17.9 Å². The summed E-state index contributed by atoms with van der Waals surface area (Å²) in [6.07, 6.45) is 0. The van der Waals surface area contributed by atoms with Crippen molar-refractivity contribution in [1.29, 1.82) is 0 Å². The number of aromatic amines is 1. The first kappa shape index (κ1) is 13.0. The van der Waals surface area contributed by atoms with E-state index in [2.05, 4.69) is 10.2 Å². The number of benzene rings is 1. The quantitative estimate of drug-likeness (QED) is 0.504. The van der Waals surface area contributed by atoms with Gasteiger partial charge in [-0.3, -0.25) is 10.1 Å². The normalized spacial score (nSPS) is 9.29. The molecule has 0 aliphatic rings. The van der Waals surface area contributed by atoms with Crippen molar-refractivity contribution in [3.8, 4) is 11.5 Å². The first-order valence-corrected chi connectivity index (χ1v) is 5.38. The molecule has 1 heterocycles. The Bertz CT molecular complexity index is 544. The lowest BCUT2D eigenvalue weighted by molar-refractivity contribution is -0.384. The molecule has 1 aromatic carbocycles. The second kappa shape index (κ2) is 5.90. The maximum Gasteiger partial charge on any atom is 0.284 e. The van der Waals surface area contributed by atoms with Crippen LogP contribution in [0.5, 0.6) is 0 Å². The number of hydrogen-bond donors (Lipinski definition) is 1. The number of nitro benzene ring substituents is 1. The Morgan fingerprint density at radius 2 is 1.94 bits per heavy atom. The molecule has 0 spiro atoms. The van der Waals surface area contributed by atoms with E-state index in [0.717, 1.165) is 0 Å². The molecule has 0 aliphatic heterocycles. The SMILES string of the molecule is CC.O=[N+]([O-])c1ccc(-c2n[nH]c(=S)o2)cc1. The first-order valence-electron chi connectivity index (χ1n) is 4.97. The van der Waals surface area contributed by atoms with Crippen LogP contribution in [0, 0.1) is 15.0 Å². The van der Waals surface area contributed by atoms with Gasteiger partial charge in [0.2, 0.25) is 5.89 Å². The van der Waals surface area contributed by atoms with Crippen LogP contribution < -0.4 is 0 Å². The van der Waals surface area contributed by atoms with Gasteiger partial charge in [-0.15, -0.1) is 5.10 Å². The molecule has 0 amide bonds. The van der Waals surface area contributed by atoms with Crippen molar-refractivity contribution < 1.29 is 9.34 Å². The number of nitrogens with one attached hydrogen (secondary N) is 1. The molecule has 1 aromatic heterocycles. The van der Waals surface area contributed by atoms with Gasteiger partial charge in [-0.1, -0.05) is 13.8 Å². The molecule has 0 atom stereocenters. The van der Waals surface area contributed by atoms with Gasteiger partial charge in [-0.25, -0.2) is 5.10 Å². The first-order chi connectivity index (χ1) is 8.16. The van der Waals surface area contributed by atoms with Crippen molar-refractivity contribution in [3.05, 3.63) is 39.2 Å². The van der Waals surface area contributed by atoms with E-state index >= 15 is 0 Å². The van der Waals surface area contributed by atoms with Crippen LogP contribution in [-0.4, -0.2) is 15.1 Å². The Hall–Kier alpha value is -2.02. The Morgan fingerprint density at radius 3 is 2.35 bits per heavy atom. The molecule has 0 fully saturated rings. The largest absolute Gasteiger partial charge is 0.409 e. The lowest BCUT2D eigenvalue weighted by Crippen LogP contribution is -1.87. The fraction of sp³-hybridized carbons (Fsp3) is 0.200. The van der Waals surface area contributed by atoms with Crippen molar-refractivity contribution in [2.45, 2.75) is 13.8 Å². The number of nitro groups is 1. The molecular weight excluding hydrogens is 242 g/mol. The van der Waals surface area contributed by atoms with E-state index in [-0.39, 0.29) is 10.5 Å². The van der Waals surface area contributed by atoms with E-state index < -0.39 is 4.92 Å². The molecule has 0 radical (unpaired) electrons. The zero-order valence-corrected chi connectivity index (χ0v) is 10.2. The number of H-pyrrole nitrogens is 1. The second-order valence-corrected chi connectivity index (χ2v) is 3.09. The molecule has 0 unspecified atom stereocenters. The molecule has 6 nitrogen and oxygen atoms in total. The fourth-order valence-corrected chi connectivity index (χ4v) is 1.20. The van der Waals surface area contributed by atoms with Gasteiger partial charge < -0.3 is 4.42 Å². The lowest BCUT2D eigenvalue weighted by atomic mass is 10.2. The minimum atomic E-state index is -0.468. The number of aromatic nitrogens is 2. The Labute approximate surface area is 102 Å². The number of rotatable bonds is 2. The van der Waals surface area contributed by atoms with Crippen molar-refractivity contribution in [3.63, 3.8) is 0 Å². The molecule has 2 aromatic rings. The third kappa shape index (κ3) is 3.22. The summed E-state index contributed by atoms with van der Waals surface area (Å²) in [6, 6.07) is 5.85. The maximum atomic E-state index is 10.4. The summed E-state index contributed by atoms with van der Waals surface area (Å²) in [5.41, 5.74) is 0.654. The Balaban J connectivity index is 0.000000686. The van der Waals surface area contributed by atoms with Gasteiger partial charge in [0.05, 0.1) is 4.92 Å². The third-order valence-corrected chi connectivity index (χ3v) is 1.94. The van der Waals surface area contributed by atoms with E-state index in [9.17, 15) is 10.1 Å². The predicted molar refractivity (Wildman–Crippen MR) is 65.1 cm³/mol. The average molecular weight is 253 g/mol. The van der Waals surface area contributed by atoms with Crippen LogP contribution in [0.2, 0.25) is 0 Å². The van der Waals surface area contributed by atoms with E-state index in [4.69, 9.17) is 16.6 Å². The number of non-ortho nitro benzene ring substituents is 1. The highest BCUT2D eigenvalue weighted by molar-refractivity contribution is 7.71. The third-order valence-electron chi connectivity index (χ3n) is 1.76. The Kier molecular flexibility index (Phi) is 4.53. The molecule has 90 valence electrons. The smallest absolute Gasteiger partial charge is 0.284 e. The zero-order valence-electron chi connectivity index (χ0n) is 9.34. The van der Waals surface area contributed by atoms with Crippen LogP contribution >= 0.6 is 12.2 Å². The monoisotopic (exact) mass is 253 g/mol. The summed E-state index contributed by atoms with van der Waals surface area (Å²) in [5.74, 6) is 0.315. The maximum absolute atomic E-state index is 10.4. The Morgan fingerprint density at radius 1 is 1.35 bits per heavy atom. The molecule has 1 N–H and O–H groups in total. The van der Waals surface area contributed by atoms with Crippen molar-refractivity contribution in [2.24, 2.45) is 0 Å². The van der Waals surface area contributed by atoms with Crippen LogP contribution in [0.15, 0.2) is 28.7 Å². The van der Waals surface area contributed by atoms with Gasteiger partial charge in [0.15, 0.2) is 0 Å². The number of hydrogen-bond acceptors (Lipinski definition) is 5. The standard InChI is InChI=1S/C8H5N3O3S.C2H6/c12-11(13)6-3-1-5(2-4-6)7-9-10-8(15)14-7;1-2/h1-4H,(H,10,15);1-2H3. The predicted octanol–water partition coefficient (Wildman–Crippen LogP) is 3.33. The van der Waals surface area contributed by atoms with Gasteiger partial charge in [0.1, 0.15) is 0 Å². The summed E-state index contributed by atoms with van der Waals surface area (Å²) in [7, 11) is 0. The molecule has 0 aliphatic carbocycles. The van der Waals surface area contributed by atoms with Gasteiger partial charge in [-0.05, 0) is 24.4 Å². The van der Waals surface area contributed by atoms with Crippen molar-refractivity contribution in [2.75, 3.05) is 0 Å². The van der Waals surface area contributed by atoms with Gasteiger partial charge in [-0.2, -0.15) is 0 Å². The van der Waals surface area contributed by atoms with Crippen LogP contribution in [-0.2, 0) is 0 Å². The van der Waals surface area contributed by atoms with Crippen molar-refractivity contribution in [1.82, 2.24) is 10.2 Å². The lowest BCUT2D eigenvalue weighted by Gasteiger charge is -1.93. The van der Waals surface area contributed by atoms with Crippen LogP contribution in [0.25, 0.3) is 11.5 Å². The fourth-order valence-electron chi connectivity index (χ4n) is 1.08. The molecule has 2 rings (SSSR count). The molecule has 7 heteroatoms. The minimum absolute atomic E-state index is 0.0212. The van der Waals surface area contributed by atoms with Gasteiger partial charge in [0.25, 0.3) is 10.5 Å². The molecule has 17 heavy (non-hydrogen) atoms. The van der Waals surface area contributed by atoms with Crippen LogP contribution in [0.3, 0.4) is 0 Å². The molecule has 0 saturated carbocycles. The highest BCUT2D eigenvalue weighted by Crippen LogP contribution is 2.20.